The highest BCUT2D eigenvalue weighted by molar-refractivity contribution is 5.73. The summed E-state index contributed by atoms with van der Waals surface area (Å²) in [5.41, 5.74) is 0. The molecule has 0 aliphatic heterocycles. The maximum Gasteiger partial charge on any atom is 0.217 e. The normalized spacial score (nSPS) is 19.5. The third kappa shape index (κ3) is 2.89. The van der Waals surface area contributed by atoms with Gasteiger partial charge in [0.1, 0.15) is 0 Å². The van der Waals surface area contributed by atoms with Crippen LogP contribution in [0.15, 0.2) is 0 Å². The van der Waals surface area contributed by atoms with Gasteiger partial charge in [-0.15, -0.1) is 0 Å². The van der Waals surface area contributed by atoms with Crippen molar-refractivity contribution < 1.29 is 9.53 Å². The van der Waals surface area contributed by atoms with Crippen LogP contribution < -0.4 is 5.32 Å². The fourth-order valence-corrected chi connectivity index (χ4v) is 1.23. The summed E-state index contributed by atoms with van der Waals surface area (Å²) in [5.74, 6) is 0.706. The highest BCUT2D eigenvalue weighted by atomic mass is 16.5. The van der Waals surface area contributed by atoms with E-state index < -0.39 is 0 Å². The van der Waals surface area contributed by atoms with E-state index in [0.717, 1.165) is 0 Å². The molecule has 1 saturated carbocycles. The summed E-state index contributed by atoms with van der Waals surface area (Å²) >= 11 is 0. The van der Waals surface area contributed by atoms with Crippen LogP contribution in [0.4, 0.5) is 0 Å². The molecule has 0 aromatic rings. The monoisotopic (exact) mass is 157 g/mol. The van der Waals surface area contributed by atoms with E-state index in [1.807, 2.05) is 0 Å². The molecule has 11 heavy (non-hydrogen) atoms. The standard InChI is InChI=1S/C8H15NO2/c1-6(10)9-8(5-11-2)7-3-4-7/h7-8H,3-5H2,1-2H3,(H,9,10). The third-order valence-corrected chi connectivity index (χ3v) is 1.93. The van der Waals surface area contributed by atoms with Crippen LogP contribution in [0.3, 0.4) is 0 Å². The first-order valence-electron chi connectivity index (χ1n) is 4.00. The highest BCUT2D eigenvalue weighted by Crippen LogP contribution is 2.32. The van der Waals surface area contributed by atoms with Gasteiger partial charge in [-0.2, -0.15) is 0 Å². The molecule has 0 bridgehead atoms. The van der Waals surface area contributed by atoms with E-state index in [-0.39, 0.29) is 11.9 Å². The van der Waals surface area contributed by atoms with Crippen molar-refractivity contribution >= 4 is 5.91 Å². The lowest BCUT2D eigenvalue weighted by Gasteiger charge is -2.15. The molecule has 0 radical (unpaired) electrons. The molecule has 64 valence electrons. The largest absolute Gasteiger partial charge is 0.383 e. The van der Waals surface area contributed by atoms with Crippen molar-refractivity contribution in [2.45, 2.75) is 25.8 Å². The third-order valence-electron chi connectivity index (χ3n) is 1.93. The van der Waals surface area contributed by atoms with Gasteiger partial charge in [0.25, 0.3) is 0 Å². The van der Waals surface area contributed by atoms with Crippen LogP contribution in [-0.4, -0.2) is 25.7 Å². The minimum Gasteiger partial charge on any atom is -0.383 e. The summed E-state index contributed by atoms with van der Waals surface area (Å²) in [5, 5.41) is 2.88. The van der Waals surface area contributed by atoms with E-state index in [4.69, 9.17) is 4.74 Å². The van der Waals surface area contributed by atoms with Crippen LogP contribution in [-0.2, 0) is 9.53 Å². The molecule has 1 N–H and O–H groups in total. The SMILES string of the molecule is COCC(NC(C)=O)C1CC1. The van der Waals surface area contributed by atoms with E-state index in [1.54, 1.807) is 14.0 Å². The van der Waals surface area contributed by atoms with E-state index in [0.29, 0.717) is 12.5 Å². The van der Waals surface area contributed by atoms with Crippen molar-refractivity contribution in [3.63, 3.8) is 0 Å². The summed E-state index contributed by atoms with van der Waals surface area (Å²) in [6, 6.07) is 0.248. The maximum atomic E-state index is 10.7. The molecule has 0 aromatic heterocycles. The van der Waals surface area contributed by atoms with Crippen molar-refractivity contribution in [3.05, 3.63) is 0 Å². The molecule has 1 unspecified atom stereocenters. The van der Waals surface area contributed by atoms with Gasteiger partial charge < -0.3 is 10.1 Å². The van der Waals surface area contributed by atoms with Crippen LogP contribution in [0.2, 0.25) is 0 Å². The summed E-state index contributed by atoms with van der Waals surface area (Å²) in [7, 11) is 1.66. The molecule has 0 heterocycles. The van der Waals surface area contributed by atoms with Gasteiger partial charge in [-0.25, -0.2) is 0 Å². The number of hydrogen-bond acceptors (Lipinski definition) is 2. The van der Waals surface area contributed by atoms with E-state index in [2.05, 4.69) is 5.32 Å². The molecule has 3 heteroatoms. The number of rotatable bonds is 4. The fraction of sp³-hybridized carbons (Fsp3) is 0.875. The zero-order chi connectivity index (χ0) is 8.27. The van der Waals surface area contributed by atoms with E-state index in [9.17, 15) is 4.79 Å². The minimum absolute atomic E-state index is 0.0407. The Morgan fingerprint density at radius 3 is 2.73 bits per heavy atom. The Hall–Kier alpha value is -0.570. The maximum absolute atomic E-state index is 10.7. The topological polar surface area (TPSA) is 38.3 Å². The molecule has 3 nitrogen and oxygen atoms in total. The zero-order valence-corrected chi connectivity index (χ0v) is 7.09. The van der Waals surface area contributed by atoms with Crippen molar-refractivity contribution in [1.82, 2.24) is 5.32 Å². The molecule has 1 aliphatic carbocycles. The lowest BCUT2D eigenvalue weighted by molar-refractivity contribution is -0.120. The molecule has 1 atom stereocenters. The summed E-state index contributed by atoms with van der Waals surface area (Å²) in [6.07, 6.45) is 2.46. The second kappa shape index (κ2) is 3.72. The first kappa shape index (κ1) is 8.53. The van der Waals surface area contributed by atoms with E-state index >= 15 is 0 Å². The summed E-state index contributed by atoms with van der Waals surface area (Å²) < 4.78 is 4.99. The second-order valence-electron chi connectivity index (χ2n) is 3.10. The first-order valence-corrected chi connectivity index (χ1v) is 4.00. The van der Waals surface area contributed by atoms with Gasteiger partial charge in [0.2, 0.25) is 5.91 Å². The quantitative estimate of drug-likeness (QED) is 0.647. The number of hydrogen-bond donors (Lipinski definition) is 1. The van der Waals surface area contributed by atoms with Gasteiger partial charge in [-0.3, -0.25) is 4.79 Å². The fourth-order valence-electron chi connectivity index (χ4n) is 1.23. The van der Waals surface area contributed by atoms with Gasteiger partial charge in [0.05, 0.1) is 12.6 Å². The number of carbonyl (C=O) groups excluding carboxylic acids is 1. The highest BCUT2D eigenvalue weighted by Gasteiger charge is 2.31. The van der Waals surface area contributed by atoms with Crippen LogP contribution in [0.25, 0.3) is 0 Å². The van der Waals surface area contributed by atoms with Crippen LogP contribution in [0.5, 0.6) is 0 Å². The molecule has 0 aromatic carbocycles. The van der Waals surface area contributed by atoms with Crippen molar-refractivity contribution in [1.29, 1.82) is 0 Å². The molecule has 1 aliphatic rings. The summed E-state index contributed by atoms with van der Waals surface area (Å²) in [6.45, 7) is 2.19. The smallest absolute Gasteiger partial charge is 0.217 e. The van der Waals surface area contributed by atoms with Gasteiger partial charge in [-0.05, 0) is 18.8 Å². The first-order chi connectivity index (χ1) is 5.24. The van der Waals surface area contributed by atoms with Crippen molar-refractivity contribution in [2.75, 3.05) is 13.7 Å². The minimum atomic E-state index is 0.0407. The molecule has 0 spiro atoms. The molecule has 1 fully saturated rings. The Bertz CT molecular complexity index is 143. The number of carbonyl (C=O) groups is 1. The van der Waals surface area contributed by atoms with Gasteiger partial charge >= 0.3 is 0 Å². The van der Waals surface area contributed by atoms with Gasteiger partial charge in [-0.1, -0.05) is 0 Å². The lowest BCUT2D eigenvalue weighted by Crippen LogP contribution is -2.38. The Kier molecular flexibility index (Phi) is 2.88. The molecule has 1 rings (SSSR count). The number of ether oxygens (including phenoxy) is 1. The zero-order valence-electron chi connectivity index (χ0n) is 7.09. The molecular formula is C8H15NO2. The Labute approximate surface area is 67.1 Å². The van der Waals surface area contributed by atoms with Gasteiger partial charge in [0.15, 0.2) is 0 Å². The Balaban J connectivity index is 2.26. The average Bonchev–Trinajstić information content (AvgIpc) is 2.66. The number of methoxy groups -OCH3 is 1. The predicted molar refractivity (Wildman–Crippen MR) is 42.2 cm³/mol. The summed E-state index contributed by atoms with van der Waals surface area (Å²) in [4.78, 5) is 10.7. The number of amides is 1. The van der Waals surface area contributed by atoms with Crippen molar-refractivity contribution in [2.24, 2.45) is 5.92 Å². The van der Waals surface area contributed by atoms with Crippen LogP contribution >= 0.6 is 0 Å². The lowest BCUT2D eigenvalue weighted by atomic mass is 10.2. The molecule has 0 saturated heterocycles. The average molecular weight is 157 g/mol. The van der Waals surface area contributed by atoms with E-state index in [1.165, 1.54) is 12.8 Å². The van der Waals surface area contributed by atoms with Crippen LogP contribution in [0.1, 0.15) is 19.8 Å². The predicted octanol–water partition coefficient (Wildman–Crippen LogP) is 0.547. The molecule has 1 amide bonds. The second-order valence-corrected chi connectivity index (χ2v) is 3.10. The van der Waals surface area contributed by atoms with Crippen LogP contribution in [0, 0.1) is 5.92 Å². The Morgan fingerprint density at radius 2 is 2.36 bits per heavy atom. The Morgan fingerprint density at radius 1 is 1.73 bits per heavy atom. The molecular weight excluding hydrogens is 142 g/mol. The number of nitrogens with one attached hydrogen (secondary N) is 1. The van der Waals surface area contributed by atoms with Gasteiger partial charge in [0, 0.05) is 14.0 Å². The van der Waals surface area contributed by atoms with Crippen molar-refractivity contribution in [3.8, 4) is 0 Å².